The number of halogens is 1. The van der Waals surface area contributed by atoms with Crippen LogP contribution in [0.25, 0.3) is 10.8 Å². The number of rotatable bonds is 9. The molecule has 0 aliphatic carbocycles. The fraction of sp³-hybridized carbons (Fsp3) is 0.172. The van der Waals surface area contributed by atoms with Gasteiger partial charge in [-0.15, -0.1) is 0 Å². The quantitative estimate of drug-likeness (QED) is 0.313. The number of nitrogens with one attached hydrogen (secondary N) is 2. The molecule has 0 aromatic heterocycles. The van der Waals surface area contributed by atoms with Gasteiger partial charge in [0.25, 0.3) is 5.91 Å². The minimum atomic E-state index is -0.697. The summed E-state index contributed by atoms with van der Waals surface area (Å²) in [7, 11) is 0. The second-order valence-corrected chi connectivity index (χ2v) is 8.74. The fourth-order valence-electron chi connectivity index (χ4n) is 3.91. The molecule has 4 nitrogen and oxygen atoms in total. The molecule has 0 spiro atoms. The molecular weight excluding hydrogens is 444 g/mol. The van der Waals surface area contributed by atoms with Gasteiger partial charge < -0.3 is 10.6 Å². The van der Waals surface area contributed by atoms with Crippen molar-refractivity contribution in [1.82, 2.24) is 10.6 Å². The first kappa shape index (κ1) is 23.5. The Morgan fingerprint density at radius 3 is 2.24 bits per heavy atom. The maximum absolute atomic E-state index is 13.1. The van der Waals surface area contributed by atoms with Gasteiger partial charge in [0.05, 0.1) is 0 Å². The SMILES string of the molecule is O=C(N[C@@H](Cc1ccc(Cl)cc1)C(=O)NCCCc1ccccc1)c1ccc2ccccc2c1. The van der Waals surface area contributed by atoms with E-state index >= 15 is 0 Å². The number of amides is 2. The van der Waals surface area contributed by atoms with Gasteiger partial charge >= 0.3 is 0 Å². The van der Waals surface area contributed by atoms with E-state index in [9.17, 15) is 9.59 Å². The average molecular weight is 471 g/mol. The van der Waals surface area contributed by atoms with Crippen LogP contribution in [0.15, 0.2) is 97.1 Å². The molecular formula is C29H27ClN2O2. The van der Waals surface area contributed by atoms with Gasteiger partial charge in [-0.1, -0.05) is 84.4 Å². The third kappa shape index (κ3) is 6.46. The number of benzene rings is 4. The molecule has 5 heteroatoms. The molecule has 0 fully saturated rings. The average Bonchev–Trinajstić information content (AvgIpc) is 2.87. The number of hydrogen-bond donors (Lipinski definition) is 2. The van der Waals surface area contributed by atoms with Crippen LogP contribution in [0.3, 0.4) is 0 Å². The van der Waals surface area contributed by atoms with Crippen molar-refractivity contribution in [2.75, 3.05) is 6.54 Å². The maximum Gasteiger partial charge on any atom is 0.251 e. The van der Waals surface area contributed by atoms with E-state index in [1.165, 1.54) is 5.56 Å². The monoisotopic (exact) mass is 470 g/mol. The number of fused-ring (bicyclic) bond motifs is 1. The Morgan fingerprint density at radius 1 is 0.765 bits per heavy atom. The molecule has 0 saturated heterocycles. The Hall–Kier alpha value is -3.63. The van der Waals surface area contributed by atoms with Crippen LogP contribution in [0.5, 0.6) is 0 Å². The number of hydrogen-bond acceptors (Lipinski definition) is 2. The summed E-state index contributed by atoms with van der Waals surface area (Å²) in [5.74, 6) is -0.471. The summed E-state index contributed by atoms with van der Waals surface area (Å²) < 4.78 is 0. The Labute approximate surface area is 205 Å². The first-order chi connectivity index (χ1) is 16.6. The van der Waals surface area contributed by atoms with Gasteiger partial charge in [-0.05, 0) is 59.0 Å². The minimum Gasteiger partial charge on any atom is -0.354 e. The normalized spacial score (nSPS) is 11.7. The Kier molecular flexibility index (Phi) is 7.95. The zero-order valence-electron chi connectivity index (χ0n) is 18.8. The van der Waals surface area contributed by atoms with Gasteiger partial charge in [0, 0.05) is 23.6 Å². The molecule has 0 radical (unpaired) electrons. The zero-order chi connectivity index (χ0) is 23.8. The van der Waals surface area contributed by atoms with Gasteiger partial charge in [0.2, 0.25) is 5.91 Å². The van der Waals surface area contributed by atoms with E-state index in [4.69, 9.17) is 11.6 Å². The number of carbonyl (C=O) groups is 2. The highest BCUT2D eigenvalue weighted by Crippen LogP contribution is 2.16. The van der Waals surface area contributed by atoms with Gasteiger partial charge in [0.15, 0.2) is 0 Å². The minimum absolute atomic E-state index is 0.197. The van der Waals surface area contributed by atoms with Crippen molar-refractivity contribution in [1.29, 1.82) is 0 Å². The molecule has 4 aromatic rings. The largest absolute Gasteiger partial charge is 0.354 e. The van der Waals surface area contributed by atoms with Crippen LogP contribution in [0, 0.1) is 0 Å². The summed E-state index contributed by atoms with van der Waals surface area (Å²) >= 11 is 6.01. The molecule has 172 valence electrons. The van der Waals surface area contributed by atoms with E-state index < -0.39 is 6.04 Å². The van der Waals surface area contributed by atoms with Crippen molar-refractivity contribution in [3.05, 3.63) is 119 Å². The van der Waals surface area contributed by atoms with Crippen LogP contribution in [0.1, 0.15) is 27.9 Å². The van der Waals surface area contributed by atoms with E-state index in [0.29, 0.717) is 23.6 Å². The summed E-state index contributed by atoms with van der Waals surface area (Å²) in [6.07, 6.45) is 2.08. The van der Waals surface area contributed by atoms with Crippen LogP contribution in [-0.4, -0.2) is 24.4 Å². The molecule has 2 N–H and O–H groups in total. The van der Waals surface area contributed by atoms with Crippen molar-refractivity contribution in [2.24, 2.45) is 0 Å². The highest BCUT2D eigenvalue weighted by atomic mass is 35.5. The lowest BCUT2D eigenvalue weighted by Gasteiger charge is -2.19. The van der Waals surface area contributed by atoms with Crippen LogP contribution < -0.4 is 10.6 Å². The molecule has 0 saturated carbocycles. The van der Waals surface area contributed by atoms with Crippen LogP contribution in [-0.2, 0) is 17.6 Å². The van der Waals surface area contributed by atoms with Crippen molar-refractivity contribution >= 4 is 34.2 Å². The van der Waals surface area contributed by atoms with E-state index in [0.717, 1.165) is 29.2 Å². The lowest BCUT2D eigenvalue weighted by atomic mass is 10.0. The third-order valence-corrected chi connectivity index (χ3v) is 6.02. The molecule has 0 bridgehead atoms. The van der Waals surface area contributed by atoms with Crippen molar-refractivity contribution in [2.45, 2.75) is 25.3 Å². The van der Waals surface area contributed by atoms with E-state index in [-0.39, 0.29) is 11.8 Å². The van der Waals surface area contributed by atoms with Crippen molar-refractivity contribution < 1.29 is 9.59 Å². The first-order valence-electron chi connectivity index (χ1n) is 11.4. The van der Waals surface area contributed by atoms with E-state index in [1.807, 2.05) is 66.7 Å². The van der Waals surface area contributed by atoms with Gasteiger partial charge in [-0.25, -0.2) is 0 Å². The highest BCUT2D eigenvalue weighted by Gasteiger charge is 2.22. The Bertz CT molecular complexity index is 1260. The predicted octanol–water partition coefficient (Wildman–Crippen LogP) is 5.58. The van der Waals surface area contributed by atoms with E-state index in [2.05, 4.69) is 22.8 Å². The second-order valence-electron chi connectivity index (χ2n) is 8.30. The number of aryl methyl sites for hydroxylation is 1. The lowest BCUT2D eigenvalue weighted by molar-refractivity contribution is -0.122. The lowest BCUT2D eigenvalue weighted by Crippen LogP contribution is -2.48. The smallest absolute Gasteiger partial charge is 0.251 e. The molecule has 0 aliphatic rings. The molecule has 0 aliphatic heterocycles. The Morgan fingerprint density at radius 2 is 1.47 bits per heavy atom. The predicted molar refractivity (Wildman–Crippen MR) is 138 cm³/mol. The summed E-state index contributed by atoms with van der Waals surface area (Å²) in [5, 5.41) is 8.60. The third-order valence-electron chi connectivity index (χ3n) is 5.77. The molecule has 0 unspecified atom stereocenters. The van der Waals surface area contributed by atoms with Gasteiger partial charge in [-0.3, -0.25) is 9.59 Å². The molecule has 4 aromatic carbocycles. The van der Waals surface area contributed by atoms with Crippen LogP contribution in [0.4, 0.5) is 0 Å². The van der Waals surface area contributed by atoms with Crippen molar-refractivity contribution in [3.63, 3.8) is 0 Å². The zero-order valence-corrected chi connectivity index (χ0v) is 19.6. The molecule has 0 heterocycles. The second kappa shape index (κ2) is 11.5. The molecule has 2 amide bonds. The standard InChI is InChI=1S/C29H27ClN2O2/c30-26-16-12-22(13-17-26)19-27(29(34)31-18-6-9-21-7-2-1-3-8-21)32-28(33)25-15-14-23-10-4-5-11-24(23)20-25/h1-5,7-8,10-17,20,27H,6,9,18-19H2,(H,31,34)(H,32,33)/t27-/m0/s1. The summed E-state index contributed by atoms with van der Waals surface area (Å²) in [5.41, 5.74) is 2.68. The molecule has 1 atom stereocenters. The van der Waals surface area contributed by atoms with Crippen LogP contribution in [0.2, 0.25) is 5.02 Å². The summed E-state index contributed by atoms with van der Waals surface area (Å²) in [4.78, 5) is 26.1. The van der Waals surface area contributed by atoms with Crippen molar-refractivity contribution in [3.8, 4) is 0 Å². The number of carbonyl (C=O) groups excluding carboxylic acids is 2. The van der Waals surface area contributed by atoms with E-state index in [1.54, 1.807) is 18.2 Å². The first-order valence-corrected chi connectivity index (χ1v) is 11.8. The Balaban J connectivity index is 1.43. The fourth-order valence-corrected chi connectivity index (χ4v) is 4.04. The molecule has 34 heavy (non-hydrogen) atoms. The van der Waals surface area contributed by atoms with Gasteiger partial charge in [-0.2, -0.15) is 0 Å². The summed E-state index contributed by atoms with van der Waals surface area (Å²) in [6.45, 7) is 0.538. The van der Waals surface area contributed by atoms with Gasteiger partial charge in [0.1, 0.15) is 6.04 Å². The van der Waals surface area contributed by atoms with Crippen LogP contribution >= 0.6 is 11.6 Å². The highest BCUT2D eigenvalue weighted by molar-refractivity contribution is 6.30. The summed E-state index contributed by atoms with van der Waals surface area (Å²) in [6, 6.07) is 30.2. The molecule has 4 rings (SSSR count). The maximum atomic E-state index is 13.1. The topological polar surface area (TPSA) is 58.2 Å².